The lowest BCUT2D eigenvalue weighted by molar-refractivity contribution is -0.140. The van der Waals surface area contributed by atoms with Crippen molar-refractivity contribution in [3.05, 3.63) is 28.2 Å². The quantitative estimate of drug-likeness (QED) is 0.724. The molecule has 1 aromatic rings. The molecule has 0 aliphatic heterocycles. The second-order valence-corrected chi connectivity index (χ2v) is 7.63. The summed E-state index contributed by atoms with van der Waals surface area (Å²) in [5.41, 5.74) is 0.598. The topological polar surface area (TPSA) is 69.7 Å². The molecule has 5 nitrogen and oxygen atoms in total. The van der Waals surface area contributed by atoms with E-state index >= 15 is 0 Å². The van der Waals surface area contributed by atoms with Crippen LogP contribution in [0.5, 0.6) is 5.75 Å². The molecule has 7 heteroatoms. The highest BCUT2D eigenvalue weighted by atomic mass is 79.9. The Balaban J connectivity index is 2.93. The van der Waals surface area contributed by atoms with Crippen LogP contribution in [0.2, 0.25) is 0 Å². The Morgan fingerprint density at radius 3 is 2.55 bits per heavy atom. The molecule has 112 valence electrons. The number of methoxy groups -OCH3 is 2. The van der Waals surface area contributed by atoms with E-state index in [9.17, 15) is 13.2 Å². The normalized spacial score (nSPS) is 12.8. The zero-order valence-corrected chi connectivity index (χ0v) is 14.0. The monoisotopic (exact) mass is 364 g/mol. The number of hydrogen-bond donors (Lipinski definition) is 0. The molecular formula is C13H17BrO5S. The Kier molecular flexibility index (Phi) is 6.01. The summed E-state index contributed by atoms with van der Waals surface area (Å²) >= 11 is 3.31. The van der Waals surface area contributed by atoms with E-state index in [-0.39, 0.29) is 12.2 Å². The van der Waals surface area contributed by atoms with E-state index in [1.165, 1.54) is 21.1 Å². The molecule has 0 aromatic heterocycles. The van der Waals surface area contributed by atoms with Gasteiger partial charge in [-0.3, -0.25) is 4.79 Å². The summed E-state index contributed by atoms with van der Waals surface area (Å²) in [6, 6.07) is 5.12. The van der Waals surface area contributed by atoms with Gasteiger partial charge in [0.05, 0.1) is 31.6 Å². The summed E-state index contributed by atoms with van der Waals surface area (Å²) < 4.78 is 34.7. The molecule has 1 atom stereocenters. The average Bonchev–Trinajstić information content (AvgIpc) is 2.40. The molecule has 1 rings (SSSR count). The van der Waals surface area contributed by atoms with Crippen LogP contribution >= 0.6 is 15.9 Å². The minimum atomic E-state index is -3.45. The number of halogens is 1. The number of sulfone groups is 1. The highest BCUT2D eigenvalue weighted by Gasteiger charge is 2.25. The van der Waals surface area contributed by atoms with Crippen LogP contribution in [-0.2, 0) is 25.1 Å². The molecule has 0 fully saturated rings. The highest BCUT2D eigenvalue weighted by Crippen LogP contribution is 2.25. The first-order chi connectivity index (χ1) is 9.30. The van der Waals surface area contributed by atoms with Gasteiger partial charge in [-0.25, -0.2) is 8.42 Å². The van der Waals surface area contributed by atoms with Crippen LogP contribution in [0.4, 0.5) is 0 Å². The second kappa shape index (κ2) is 7.08. The van der Waals surface area contributed by atoms with E-state index in [2.05, 4.69) is 20.7 Å². The second-order valence-electron chi connectivity index (χ2n) is 4.36. The number of ether oxygens (including phenoxy) is 2. The van der Waals surface area contributed by atoms with Gasteiger partial charge in [-0.2, -0.15) is 0 Å². The number of benzene rings is 1. The molecule has 0 aliphatic rings. The molecule has 0 saturated carbocycles. The van der Waals surface area contributed by atoms with E-state index in [0.717, 1.165) is 0 Å². The van der Waals surface area contributed by atoms with E-state index in [0.29, 0.717) is 15.8 Å². The standard InChI is InChI=1S/C13H17BrO5S/c1-9(6-13(15)19-3)20(16,17)8-10-7-11(18-2)4-5-12(10)14/h4-5,7,9H,6,8H2,1-3H3. The summed E-state index contributed by atoms with van der Waals surface area (Å²) in [5.74, 6) is -0.118. The summed E-state index contributed by atoms with van der Waals surface area (Å²) in [6.45, 7) is 1.50. The first-order valence-corrected chi connectivity index (χ1v) is 8.41. The van der Waals surface area contributed by atoms with Gasteiger partial charge in [-0.05, 0) is 30.7 Å². The summed E-state index contributed by atoms with van der Waals surface area (Å²) in [6.07, 6.45) is -0.152. The maximum Gasteiger partial charge on any atom is 0.306 e. The molecule has 0 radical (unpaired) electrons. The summed E-state index contributed by atoms with van der Waals surface area (Å²) in [4.78, 5) is 11.2. The maximum atomic E-state index is 12.2. The number of hydrogen-bond acceptors (Lipinski definition) is 5. The van der Waals surface area contributed by atoms with Gasteiger partial charge in [-0.15, -0.1) is 0 Å². The molecule has 1 aromatic carbocycles. The Morgan fingerprint density at radius 2 is 2.00 bits per heavy atom. The first kappa shape index (κ1) is 17.0. The van der Waals surface area contributed by atoms with Crippen molar-refractivity contribution < 1.29 is 22.7 Å². The van der Waals surface area contributed by atoms with Crippen LogP contribution in [0.1, 0.15) is 18.9 Å². The molecule has 1 unspecified atom stereocenters. The largest absolute Gasteiger partial charge is 0.497 e. The van der Waals surface area contributed by atoms with Crippen molar-refractivity contribution in [2.24, 2.45) is 0 Å². The zero-order valence-electron chi connectivity index (χ0n) is 11.6. The van der Waals surface area contributed by atoms with Crippen molar-refractivity contribution in [1.29, 1.82) is 0 Å². The summed E-state index contributed by atoms with van der Waals surface area (Å²) in [5, 5.41) is -0.798. The van der Waals surface area contributed by atoms with Gasteiger partial charge >= 0.3 is 5.97 Å². The third-order valence-electron chi connectivity index (χ3n) is 2.90. The lowest BCUT2D eigenvalue weighted by Crippen LogP contribution is -2.23. The van der Waals surface area contributed by atoms with Crippen LogP contribution in [0.3, 0.4) is 0 Å². The van der Waals surface area contributed by atoms with Crippen molar-refractivity contribution in [2.75, 3.05) is 14.2 Å². The average molecular weight is 365 g/mol. The lowest BCUT2D eigenvalue weighted by Gasteiger charge is -2.13. The Hall–Kier alpha value is -1.08. The van der Waals surface area contributed by atoms with Crippen LogP contribution in [0.25, 0.3) is 0 Å². The molecule has 0 aliphatic carbocycles. The number of esters is 1. The van der Waals surface area contributed by atoms with E-state index in [4.69, 9.17) is 4.74 Å². The van der Waals surface area contributed by atoms with Gasteiger partial charge in [-0.1, -0.05) is 15.9 Å². The van der Waals surface area contributed by atoms with Gasteiger partial charge < -0.3 is 9.47 Å². The fourth-order valence-corrected chi connectivity index (χ4v) is 3.51. The maximum absolute atomic E-state index is 12.2. The van der Waals surface area contributed by atoms with Crippen molar-refractivity contribution in [2.45, 2.75) is 24.3 Å². The predicted octanol–water partition coefficient (Wildman–Crippen LogP) is 2.32. The number of carbonyl (C=O) groups excluding carboxylic acids is 1. The van der Waals surface area contributed by atoms with Crippen LogP contribution in [0, 0.1) is 0 Å². The fraction of sp³-hybridized carbons (Fsp3) is 0.462. The Bertz CT molecular complexity index is 582. The molecule has 20 heavy (non-hydrogen) atoms. The van der Waals surface area contributed by atoms with Gasteiger partial charge in [0.2, 0.25) is 0 Å². The minimum absolute atomic E-state index is 0.152. The number of carbonyl (C=O) groups is 1. The van der Waals surface area contributed by atoms with Crippen molar-refractivity contribution >= 4 is 31.7 Å². The van der Waals surface area contributed by atoms with Crippen molar-refractivity contribution in [3.8, 4) is 5.75 Å². The van der Waals surface area contributed by atoms with Gasteiger partial charge in [0.15, 0.2) is 9.84 Å². The fourth-order valence-electron chi connectivity index (χ4n) is 1.59. The molecule has 0 bridgehead atoms. The Labute approximate surface area is 127 Å². The smallest absolute Gasteiger partial charge is 0.306 e. The molecule has 0 amide bonds. The van der Waals surface area contributed by atoms with Gasteiger partial charge in [0, 0.05) is 4.47 Å². The van der Waals surface area contributed by atoms with Crippen molar-refractivity contribution in [1.82, 2.24) is 0 Å². The van der Waals surface area contributed by atoms with Gasteiger partial charge in [0.1, 0.15) is 5.75 Å². The Morgan fingerprint density at radius 1 is 1.35 bits per heavy atom. The molecule has 0 heterocycles. The predicted molar refractivity (Wildman–Crippen MR) is 79.4 cm³/mol. The first-order valence-electron chi connectivity index (χ1n) is 5.91. The molecule has 0 N–H and O–H groups in total. The third kappa shape index (κ3) is 4.49. The molecule has 0 saturated heterocycles. The van der Waals surface area contributed by atoms with Crippen LogP contribution < -0.4 is 4.74 Å². The van der Waals surface area contributed by atoms with E-state index < -0.39 is 21.1 Å². The molecular weight excluding hydrogens is 348 g/mol. The summed E-state index contributed by atoms with van der Waals surface area (Å²) in [7, 11) is -0.701. The SMILES string of the molecule is COC(=O)CC(C)S(=O)(=O)Cc1cc(OC)ccc1Br. The van der Waals surface area contributed by atoms with Crippen molar-refractivity contribution in [3.63, 3.8) is 0 Å². The van der Waals surface area contributed by atoms with E-state index in [1.54, 1.807) is 18.2 Å². The van der Waals surface area contributed by atoms with E-state index in [1.807, 2.05) is 0 Å². The number of rotatable bonds is 6. The third-order valence-corrected chi connectivity index (χ3v) is 5.78. The highest BCUT2D eigenvalue weighted by molar-refractivity contribution is 9.10. The van der Waals surface area contributed by atoms with Crippen LogP contribution in [-0.4, -0.2) is 33.9 Å². The van der Waals surface area contributed by atoms with Crippen LogP contribution in [0.15, 0.2) is 22.7 Å². The molecule has 0 spiro atoms. The zero-order chi connectivity index (χ0) is 15.3. The van der Waals surface area contributed by atoms with Gasteiger partial charge in [0.25, 0.3) is 0 Å². The lowest BCUT2D eigenvalue weighted by atomic mass is 10.2. The minimum Gasteiger partial charge on any atom is -0.497 e.